The van der Waals surface area contributed by atoms with E-state index in [1.807, 2.05) is 0 Å². The highest BCUT2D eigenvalue weighted by Crippen LogP contribution is 2.28. The van der Waals surface area contributed by atoms with Crippen LogP contribution in [0.25, 0.3) is 0 Å². The second-order valence-corrected chi connectivity index (χ2v) is 6.60. The third-order valence-corrected chi connectivity index (χ3v) is 5.43. The third-order valence-electron chi connectivity index (χ3n) is 3.03. The van der Waals surface area contributed by atoms with Gasteiger partial charge in [-0.1, -0.05) is 11.6 Å². The Bertz CT molecular complexity index is 541. The van der Waals surface area contributed by atoms with Gasteiger partial charge >= 0.3 is 0 Å². The predicted octanol–water partition coefficient (Wildman–Crippen LogP) is 1.33. The highest BCUT2D eigenvalue weighted by atomic mass is 35.5. The summed E-state index contributed by atoms with van der Waals surface area (Å²) in [5.41, 5.74) is 5.99. The fourth-order valence-electron chi connectivity index (χ4n) is 1.89. The molecule has 0 radical (unpaired) electrons. The highest BCUT2D eigenvalue weighted by Gasteiger charge is 2.31. The molecule has 18 heavy (non-hydrogen) atoms. The molecule has 1 heterocycles. The minimum Gasteiger partial charge on any atom is -0.399 e. The van der Waals surface area contributed by atoms with E-state index in [9.17, 15) is 8.42 Å². The first-order valence-corrected chi connectivity index (χ1v) is 7.35. The van der Waals surface area contributed by atoms with Gasteiger partial charge in [0.05, 0.1) is 17.7 Å². The zero-order valence-corrected chi connectivity index (χ0v) is 11.5. The maximum Gasteiger partial charge on any atom is 0.244 e. The first kappa shape index (κ1) is 13.6. The molecule has 0 aliphatic carbocycles. The minimum atomic E-state index is -3.60. The minimum absolute atomic E-state index is 0.0766. The van der Waals surface area contributed by atoms with Gasteiger partial charge in [-0.2, -0.15) is 4.31 Å². The van der Waals surface area contributed by atoms with Crippen molar-refractivity contribution in [2.45, 2.75) is 17.4 Å². The van der Waals surface area contributed by atoms with Gasteiger partial charge in [0.1, 0.15) is 4.90 Å². The molecular weight excluding hydrogens is 276 g/mol. The Morgan fingerprint density at radius 1 is 1.50 bits per heavy atom. The molecule has 1 atom stereocenters. The molecule has 0 bridgehead atoms. The summed E-state index contributed by atoms with van der Waals surface area (Å²) >= 11 is 5.95. The van der Waals surface area contributed by atoms with Gasteiger partial charge in [-0.05, 0) is 24.6 Å². The molecule has 0 spiro atoms. The Hall–Kier alpha value is -0.820. The van der Waals surface area contributed by atoms with E-state index in [0.717, 1.165) is 0 Å². The fraction of sp³-hybridized carbons (Fsp3) is 0.455. The average Bonchev–Trinajstić information content (AvgIpc) is 2.80. The van der Waals surface area contributed by atoms with Gasteiger partial charge in [0, 0.05) is 19.3 Å². The molecule has 0 amide bonds. The summed E-state index contributed by atoms with van der Waals surface area (Å²) in [7, 11) is -2.06. The molecule has 2 rings (SSSR count). The van der Waals surface area contributed by atoms with Crippen molar-refractivity contribution >= 4 is 27.3 Å². The lowest BCUT2D eigenvalue weighted by Gasteiger charge is -2.23. The molecule has 1 aromatic rings. The Labute approximate surface area is 112 Å². The van der Waals surface area contributed by atoms with Crippen LogP contribution in [0.3, 0.4) is 0 Å². The second kappa shape index (κ2) is 5.05. The molecule has 5 nitrogen and oxygen atoms in total. The van der Waals surface area contributed by atoms with Crippen molar-refractivity contribution in [2.24, 2.45) is 0 Å². The molecule has 0 aromatic heterocycles. The number of likely N-dealkylation sites (N-methyl/N-ethyl adjacent to an activating group) is 1. The molecule has 1 saturated heterocycles. The lowest BCUT2D eigenvalue weighted by Crippen LogP contribution is -2.37. The van der Waals surface area contributed by atoms with Crippen LogP contribution >= 0.6 is 11.6 Å². The van der Waals surface area contributed by atoms with E-state index in [-0.39, 0.29) is 16.0 Å². The van der Waals surface area contributed by atoms with E-state index in [1.165, 1.54) is 22.5 Å². The monoisotopic (exact) mass is 290 g/mol. The van der Waals surface area contributed by atoms with Crippen LogP contribution in [-0.4, -0.2) is 39.0 Å². The first-order chi connectivity index (χ1) is 8.43. The van der Waals surface area contributed by atoms with Gasteiger partial charge in [0.25, 0.3) is 0 Å². The number of hydrogen-bond acceptors (Lipinski definition) is 4. The largest absolute Gasteiger partial charge is 0.399 e. The van der Waals surface area contributed by atoms with E-state index >= 15 is 0 Å². The number of hydrogen-bond donors (Lipinski definition) is 1. The van der Waals surface area contributed by atoms with Crippen LogP contribution in [0.4, 0.5) is 5.69 Å². The predicted molar refractivity (Wildman–Crippen MR) is 70.0 cm³/mol. The normalized spacial score (nSPS) is 20.5. The Morgan fingerprint density at radius 3 is 2.78 bits per heavy atom. The van der Waals surface area contributed by atoms with Crippen molar-refractivity contribution < 1.29 is 13.2 Å². The number of nitrogens with two attached hydrogens (primary N) is 1. The lowest BCUT2D eigenvalue weighted by atomic mass is 10.3. The van der Waals surface area contributed by atoms with Crippen LogP contribution in [0.15, 0.2) is 23.1 Å². The summed E-state index contributed by atoms with van der Waals surface area (Å²) < 4.78 is 31.3. The number of nitrogens with zero attached hydrogens (tertiary/aromatic N) is 1. The quantitative estimate of drug-likeness (QED) is 0.853. The summed E-state index contributed by atoms with van der Waals surface area (Å²) in [5, 5.41) is 0.140. The molecule has 1 aromatic carbocycles. The Morgan fingerprint density at radius 2 is 2.22 bits per heavy atom. The van der Waals surface area contributed by atoms with E-state index in [1.54, 1.807) is 7.05 Å². The van der Waals surface area contributed by atoms with Gasteiger partial charge in [-0.25, -0.2) is 8.42 Å². The number of rotatable bonds is 3. The standard InChI is InChI=1S/C11H15ClN2O3S/c1-14(9-4-5-17-7-9)18(15,16)11-3-2-8(13)6-10(11)12/h2-3,6,9H,4-5,7,13H2,1H3. The first-order valence-electron chi connectivity index (χ1n) is 5.53. The lowest BCUT2D eigenvalue weighted by molar-refractivity contribution is 0.181. The van der Waals surface area contributed by atoms with Crippen LogP contribution in [-0.2, 0) is 14.8 Å². The van der Waals surface area contributed by atoms with E-state index in [4.69, 9.17) is 22.1 Å². The van der Waals surface area contributed by atoms with Gasteiger partial charge in [0.15, 0.2) is 0 Å². The number of ether oxygens (including phenoxy) is 1. The summed E-state index contributed by atoms with van der Waals surface area (Å²) in [6, 6.07) is 4.26. The fourth-order valence-corrected chi connectivity index (χ4v) is 3.78. The van der Waals surface area contributed by atoms with Crippen LogP contribution in [0.5, 0.6) is 0 Å². The molecule has 1 aliphatic rings. The molecular formula is C11H15ClN2O3S. The van der Waals surface area contributed by atoms with Crippen LogP contribution in [0.1, 0.15) is 6.42 Å². The van der Waals surface area contributed by atoms with Gasteiger partial charge in [0.2, 0.25) is 10.0 Å². The van der Waals surface area contributed by atoms with Gasteiger partial charge < -0.3 is 10.5 Å². The Balaban J connectivity index is 2.35. The number of nitrogen functional groups attached to an aromatic ring is 1. The third kappa shape index (κ3) is 2.47. The number of anilines is 1. The molecule has 1 aliphatic heterocycles. The smallest absolute Gasteiger partial charge is 0.244 e. The highest BCUT2D eigenvalue weighted by molar-refractivity contribution is 7.89. The number of halogens is 1. The van der Waals surface area contributed by atoms with Crippen molar-refractivity contribution in [2.75, 3.05) is 26.0 Å². The molecule has 100 valence electrons. The summed E-state index contributed by atoms with van der Waals surface area (Å²) in [5.74, 6) is 0. The average molecular weight is 291 g/mol. The van der Waals surface area contributed by atoms with E-state index in [2.05, 4.69) is 0 Å². The van der Waals surface area contributed by atoms with Gasteiger partial charge in [-0.3, -0.25) is 0 Å². The topological polar surface area (TPSA) is 72.6 Å². The van der Waals surface area contributed by atoms with Crippen molar-refractivity contribution in [3.05, 3.63) is 23.2 Å². The van der Waals surface area contributed by atoms with E-state index in [0.29, 0.717) is 25.3 Å². The number of sulfonamides is 1. The molecule has 2 N–H and O–H groups in total. The van der Waals surface area contributed by atoms with Crippen molar-refractivity contribution in [3.63, 3.8) is 0 Å². The van der Waals surface area contributed by atoms with Crippen LogP contribution in [0.2, 0.25) is 5.02 Å². The summed E-state index contributed by atoms with van der Waals surface area (Å²) in [6.45, 7) is 1.00. The maximum absolute atomic E-state index is 12.4. The second-order valence-electron chi connectivity index (χ2n) is 4.23. The molecule has 0 saturated carbocycles. The van der Waals surface area contributed by atoms with Crippen LogP contribution < -0.4 is 5.73 Å². The zero-order valence-electron chi connectivity index (χ0n) is 9.97. The van der Waals surface area contributed by atoms with Gasteiger partial charge in [-0.15, -0.1) is 0 Å². The van der Waals surface area contributed by atoms with Crippen molar-refractivity contribution in [1.82, 2.24) is 4.31 Å². The Kier molecular flexibility index (Phi) is 3.82. The van der Waals surface area contributed by atoms with E-state index < -0.39 is 10.0 Å². The van der Waals surface area contributed by atoms with Crippen molar-refractivity contribution in [1.29, 1.82) is 0 Å². The van der Waals surface area contributed by atoms with Crippen LogP contribution in [0, 0.1) is 0 Å². The number of benzene rings is 1. The zero-order chi connectivity index (χ0) is 13.3. The van der Waals surface area contributed by atoms with Crippen molar-refractivity contribution in [3.8, 4) is 0 Å². The maximum atomic E-state index is 12.4. The molecule has 1 fully saturated rings. The summed E-state index contributed by atoms with van der Waals surface area (Å²) in [6.07, 6.45) is 0.697. The SMILES string of the molecule is CN(C1CCOC1)S(=O)(=O)c1ccc(N)cc1Cl. The molecule has 7 heteroatoms. The summed E-state index contributed by atoms with van der Waals surface area (Å²) in [4.78, 5) is 0.0766. The molecule has 1 unspecified atom stereocenters.